The van der Waals surface area contributed by atoms with Crippen molar-refractivity contribution in [1.29, 1.82) is 0 Å². The van der Waals surface area contributed by atoms with Crippen LogP contribution in [-0.2, 0) is 15.3 Å². The van der Waals surface area contributed by atoms with E-state index in [9.17, 15) is 14.4 Å². The molecule has 0 radical (unpaired) electrons. The molecular weight excluding hydrogens is 422 g/mol. The molecule has 0 bridgehead atoms. The Hall–Kier alpha value is -2.51. The lowest BCUT2D eigenvalue weighted by Gasteiger charge is -2.30. The summed E-state index contributed by atoms with van der Waals surface area (Å²) < 4.78 is 0. The topological polar surface area (TPSA) is 92.5 Å². The fourth-order valence-corrected chi connectivity index (χ4v) is 4.20. The minimum atomic E-state index is -0.286. The highest BCUT2D eigenvalue weighted by atomic mass is 35.5. The summed E-state index contributed by atoms with van der Waals surface area (Å²) in [5, 5.41) is 3.45. The molecule has 0 aliphatic carbocycles. The van der Waals surface area contributed by atoms with E-state index in [1.807, 2.05) is 24.3 Å². The molecule has 1 fully saturated rings. The number of anilines is 1. The molecule has 0 spiro atoms. The van der Waals surface area contributed by atoms with Crippen molar-refractivity contribution in [3.8, 4) is 0 Å². The van der Waals surface area contributed by atoms with Crippen LogP contribution in [0.15, 0.2) is 48.5 Å². The molecule has 8 heteroatoms. The lowest BCUT2D eigenvalue weighted by atomic mass is 9.96. The summed E-state index contributed by atoms with van der Waals surface area (Å²) in [5.74, 6) is 0.481. The van der Waals surface area contributed by atoms with Crippen molar-refractivity contribution in [2.45, 2.75) is 18.6 Å². The number of amides is 3. The highest BCUT2D eigenvalue weighted by Gasteiger charge is 2.26. The number of carbonyl (C=O) groups is 3. The summed E-state index contributed by atoms with van der Waals surface area (Å²) in [5.41, 5.74) is 7.73. The zero-order valence-corrected chi connectivity index (χ0v) is 18.0. The van der Waals surface area contributed by atoms with Gasteiger partial charge in [-0.05, 0) is 54.8 Å². The summed E-state index contributed by atoms with van der Waals surface area (Å²) in [7, 11) is 0. The number of rotatable bonds is 7. The second kappa shape index (κ2) is 10.5. The van der Waals surface area contributed by atoms with Crippen molar-refractivity contribution >= 4 is 46.8 Å². The van der Waals surface area contributed by atoms with Gasteiger partial charge in [-0.3, -0.25) is 14.4 Å². The van der Waals surface area contributed by atoms with Crippen LogP contribution in [-0.4, -0.2) is 41.5 Å². The van der Waals surface area contributed by atoms with Crippen LogP contribution in [0.25, 0.3) is 0 Å². The minimum Gasteiger partial charge on any atom is -0.369 e. The summed E-state index contributed by atoms with van der Waals surface area (Å²) in [6.45, 7) is 1.10. The van der Waals surface area contributed by atoms with E-state index in [4.69, 9.17) is 17.3 Å². The number of benzene rings is 2. The second-order valence-electron chi connectivity index (χ2n) is 7.21. The summed E-state index contributed by atoms with van der Waals surface area (Å²) in [6.07, 6.45) is 1.24. The van der Waals surface area contributed by atoms with Gasteiger partial charge in [0.1, 0.15) is 0 Å². The molecule has 3 amide bonds. The Morgan fingerprint density at radius 2 is 1.67 bits per heavy atom. The van der Waals surface area contributed by atoms with Crippen LogP contribution in [0.5, 0.6) is 0 Å². The number of nitrogens with one attached hydrogen (secondary N) is 1. The van der Waals surface area contributed by atoms with Gasteiger partial charge in [0.05, 0.1) is 5.75 Å². The average Bonchev–Trinajstić information content (AvgIpc) is 2.75. The van der Waals surface area contributed by atoms with Gasteiger partial charge in [0.25, 0.3) is 5.91 Å². The van der Waals surface area contributed by atoms with Crippen LogP contribution in [0.3, 0.4) is 0 Å². The van der Waals surface area contributed by atoms with Crippen LogP contribution in [0.2, 0.25) is 5.02 Å². The number of hydrogen-bond acceptors (Lipinski definition) is 4. The van der Waals surface area contributed by atoms with Gasteiger partial charge in [-0.25, -0.2) is 0 Å². The molecule has 3 N–H and O–H groups in total. The number of thioether (sulfide) groups is 1. The lowest BCUT2D eigenvalue weighted by Crippen LogP contribution is -2.41. The number of likely N-dealkylation sites (tertiary alicyclic amines) is 1. The third-order valence-corrected chi connectivity index (χ3v) is 6.27. The van der Waals surface area contributed by atoms with Gasteiger partial charge < -0.3 is 16.0 Å². The monoisotopic (exact) mass is 445 g/mol. The molecular formula is C22H24ClN3O3S. The molecule has 1 heterocycles. The maximum absolute atomic E-state index is 12.6. The van der Waals surface area contributed by atoms with Crippen molar-refractivity contribution in [3.63, 3.8) is 0 Å². The van der Waals surface area contributed by atoms with E-state index in [0.29, 0.717) is 53.7 Å². The van der Waals surface area contributed by atoms with Crippen molar-refractivity contribution in [2.75, 3.05) is 24.2 Å². The second-order valence-corrected chi connectivity index (χ2v) is 8.64. The van der Waals surface area contributed by atoms with Crippen molar-refractivity contribution in [2.24, 2.45) is 11.7 Å². The van der Waals surface area contributed by atoms with E-state index in [-0.39, 0.29) is 23.6 Å². The van der Waals surface area contributed by atoms with Gasteiger partial charge in [0.2, 0.25) is 11.8 Å². The summed E-state index contributed by atoms with van der Waals surface area (Å²) in [4.78, 5) is 37.7. The SMILES string of the molecule is NC(=O)C1CCN(C(=O)c2ccc(CSCC(=O)Nc3ccc(Cl)cc3)cc2)CC1. The predicted molar refractivity (Wildman–Crippen MR) is 121 cm³/mol. The minimum absolute atomic E-state index is 0.0283. The maximum atomic E-state index is 12.6. The van der Waals surface area contributed by atoms with Crippen molar-refractivity contribution in [3.05, 3.63) is 64.7 Å². The van der Waals surface area contributed by atoms with E-state index in [1.165, 1.54) is 11.8 Å². The molecule has 158 valence electrons. The molecule has 1 saturated heterocycles. The molecule has 0 saturated carbocycles. The normalized spacial score (nSPS) is 14.4. The van der Waals surface area contributed by atoms with Gasteiger partial charge in [-0.2, -0.15) is 0 Å². The Bertz CT molecular complexity index is 895. The Labute approximate surface area is 185 Å². The fourth-order valence-electron chi connectivity index (χ4n) is 3.29. The smallest absolute Gasteiger partial charge is 0.253 e. The molecule has 1 aliphatic rings. The number of nitrogens with two attached hydrogens (primary N) is 1. The molecule has 0 aromatic heterocycles. The third-order valence-electron chi connectivity index (χ3n) is 5.02. The first-order valence-electron chi connectivity index (χ1n) is 9.73. The number of nitrogens with zero attached hydrogens (tertiary/aromatic N) is 1. The summed E-state index contributed by atoms with van der Waals surface area (Å²) in [6, 6.07) is 14.4. The van der Waals surface area contributed by atoms with E-state index >= 15 is 0 Å². The number of halogens is 1. The quantitative estimate of drug-likeness (QED) is 0.681. The van der Waals surface area contributed by atoms with Gasteiger partial charge >= 0.3 is 0 Å². The number of hydrogen-bond donors (Lipinski definition) is 2. The molecule has 3 rings (SSSR count). The number of primary amides is 1. The average molecular weight is 446 g/mol. The van der Waals surface area contributed by atoms with E-state index in [0.717, 1.165) is 5.56 Å². The first kappa shape index (κ1) is 22.2. The molecule has 30 heavy (non-hydrogen) atoms. The van der Waals surface area contributed by atoms with Crippen LogP contribution in [0, 0.1) is 5.92 Å². The van der Waals surface area contributed by atoms with Crippen LogP contribution in [0.1, 0.15) is 28.8 Å². The molecule has 2 aromatic carbocycles. The molecule has 0 atom stereocenters. The van der Waals surface area contributed by atoms with Crippen molar-refractivity contribution < 1.29 is 14.4 Å². The van der Waals surface area contributed by atoms with Crippen LogP contribution >= 0.6 is 23.4 Å². The zero-order chi connectivity index (χ0) is 21.5. The first-order chi connectivity index (χ1) is 14.4. The van der Waals surface area contributed by atoms with Crippen LogP contribution in [0.4, 0.5) is 5.69 Å². The Balaban J connectivity index is 1.43. The van der Waals surface area contributed by atoms with E-state index in [1.54, 1.807) is 29.2 Å². The zero-order valence-electron chi connectivity index (χ0n) is 16.5. The maximum Gasteiger partial charge on any atom is 0.253 e. The Kier molecular flexibility index (Phi) is 7.76. The number of piperidine rings is 1. The molecule has 1 aliphatic heterocycles. The standard InChI is InChI=1S/C22H24ClN3O3S/c23-18-5-7-19(8-6-18)25-20(27)14-30-13-15-1-3-17(4-2-15)22(29)26-11-9-16(10-12-26)21(24)28/h1-8,16H,9-14H2,(H2,24,28)(H,25,27). The van der Waals surface area contributed by atoms with E-state index in [2.05, 4.69) is 5.32 Å². The third kappa shape index (κ3) is 6.24. The van der Waals surface area contributed by atoms with Gasteiger partial charge in [-0.1, -0.05) is 23.7 Å². The van der Waals surface area contributed by atoms with E-state index < -0.39 is 0 Å². The van der Waals surface area contributed by atoms with Crippen molar-refractivity contribution in [1.82, 2.24) is 4.90 Å². The van der Waals surface area contributed by atoms with Gasteiger partial charge in [0, 0.05) is 41.0 Å². The molecule has 6 nitrogen and oxygen atoms in total. The largest absolute Gasteiger partial charge is 0.369 e. The molecule has 0 unspecified atom stereocenters. The predicted octanol–water partition coefficient (Wildman–Crippen LogP) is 3.55. The lowest BCUT2D eigenvalue weighted by molar-refractivity contribution is -0.123. The highest BCUT2D eigenvalue weighted by molar-refractivity contribution is 7.99. The highest BCUT2D eigenvalue weighted by Crippen LogP contribution is 2.20. The Morgan fingerprint density at radius 3 is 2.27 bits per heavy atom. The summed E-state index contributed by atoms with van der Waals surface area (Å²) >= 11 is 7.34. The van der Waals surface area contributed by atoms with Crippen LogP contribution < -0.4 is 11.1 Å². The fraction of sp³-hybridized carbons (Fsp3) is 0.318. The first-order valence-corrected chi connectivity index (χ1v) is 11.3. The Morgan fingerprint density at radius 1 is 1.03 bits per heavy atom. The van der Waals surface area contributed by atoms with Gasteiger partial charge in [0.15, 0.2) is 0 Å². The van der Waals surface area contributed by atoms with Gasteiger partial charge in [-0.15, -0.1) is 11.8 Å². The molecule has 2 aromatic rings. The number of carbonyl (C=O) groups excluding carboxylic acids is 3.